The Morgan fingerprint density at radius 2 is 1.59 bits per heavy atom. The van der Waals surface area contributed by atoms with Crippen molar-refractivity contribution in [2.24, 2.45) is 16.5 Å². The number of alkyl halides is 3. The summed E-state index contributed by atoms with van der Waals surface area (Å²) in [4.78, 5) is 26.6. The number of carboxylic acids is 1. The molecule has 0 aliphatic carbocycles. The fourth-order valence-corrected chi connectivity index (χ4v) is 2.34. The van der Waals surface area contributed by atoms with Crippen LogP contribution in [-0.2, 0) is 23.9 Å². The zero-order valence-corrected chi connectivity index (χ0v) is 15.1. The number of aliphatic imine (C=N–C) groups is 1. The van der Waals surface area contributed by atoms with Crippen molar-refractivity contribution in [2.75, 3.05) is 0 Å². The number of amides is 1. The molecule has 2 rings (SSSR count). The average molecular weight is 408 g/mol. The van der Waals surface area contributed by atoms with Crippen molar-refractivity contribution in [3.05, 3.63) is 70.8 Å². The minimum atomic E-state index is -4.41. The third-order valence-electron chi connectivity index (χ3n) is 3.95. The van der Waals surface area contributed by atoms with Gasteiger partial charge in [-0.05, 0) is 41.8 Å². The van der Waals surface area contributed by atoms with Gasteiger partial charge in [-0.3, -0.25) is 9.59 Å². The highest BCUT2D eigenvalue weighted by Gasteiger charge is 2.29. The van der Waals surface area contributed by atoms with Crippen molar-refractivity contribution >= 4 is 17.8 Å². The summed E-state index contributed by atoms with van der Waals surface area (Å²) in [7, 11) is 0. The zero-order valence-electron chi connectivity index (χ0n) is 15.1. The number of halogens is 3. The zero-order chi connectivity index (χ0) is 21.6. The van der Waals surface area contributed by atoms with E-state index in [1.54, 1.807) is 12.1 Å². The smallest absolute Gasteiger partial charge is 0.416 e. The van der Waals surface area contributed by atoms with Crippen LogP contribution in [0.25, 0.3) is 0 Å². The van der Waals surface area contributed by atoms with E-state index in [0.29, 0.717) is 11.1 Å². The van der Waals surface area contributed by atoms with Gasteiger partial charge in [0.25, 0.3) is 5.91 Å². The summed E-state index contributed by atoms with van der Waals surface area (Å²) in [6.45, 7) is 0.0900. The van der Waals surface area contributed by atoms with Crippen LogP contribution in [0.5, 0.6) is 0 Å². The highest BCUT2D eigenvalue weighted by atomic mass is 19.4. The first-order valence-electron chi connectivity index (χ1n) is 8.42. The van der Waals surface area contributed by atoms with Gasteiger partial charge in [-0.2, -0.15) is 18.2 Å². The number of nitrogens with two attached hydrogens (primary N) is 2. The molecule has 0 unspecified atom stereocenters. The van der Waals surface area contributed by atoms with E-state index in [0.717, 1.165) is 12.1 Å². The molecule has 1 atom stereocenters. The Morgan fingerprint density at radius 3 is 2.10 bits per heavy atom. The summed E-state index contributed by atoms with van der Waals surface area (Å²) >= 11 is 0. The molecule has 0 heterocycles. The maximum Gasteiger partial charge on any atom is 0.416 e. The molecule has 0 aliphatic heterocycles. The highest BCUT2D eigenvalue weighted by Crippen LogP contribution is 2.29. The summed E-state index contributed by atoms with van der Waals surface area (Å²) in [6.07, 6.45) is -4.29. The van der Waals surface area contributed by atoms with Crippen LogP contribution in [0.4, 0.5) is 13.2 Å². The second-order valence-corrected chi connectivity index (χ2v) is 6.20. The highest BCUT2D eigenvalue weighted by molar-refractivity contribution is 6.02. The first kappa shape index (κ1) is 21.9. The Balaban J connectivity index is 1.93. The van der Waals surface area contributed by atoms with Crippen LogP contribution in [0.2, 0.25) is 0 Å². The molecule has 1 amide bonds. The molecule has 29 heavy (non-hydrogen) atoms. The Hall–Kier alpha value is -3.40. The quantitative estimate of drug-likeness (QED) is 0.427. The molecule has 154 valence electrons. The van der Waals surface area contributed by atoms with Gasteiger partial charge in [0.2, 0.25) is 0 Å². The summed E-state index contributed by atoms with van der Waals surface area (Å²) in [6, 6.07) is 9.53. The van der Waals surface area contributed by atoms with E-state index in [1.807, 2.05) is 0 Å². The number of nitrogens with zero attached hydrogens (tertiary/aromatic N) is 1. The molecule has 2 aromatic rings. The first-order valence-corrected chi connectivity index (χ1v) is 8.42. The Kier molecular flexibility index (Phi) is 6.94. The van der Waals surface area contributed by atoms with E-state index in [-0.39, 0.29) is 24.5 Å². The molecule has 0 saturated heterocycles. The molecule has 0 aromatic heterocycles. The number of nitrogens with one attached hydrogen (secondary N) is 1. The number of benzene rings is 2. The molecule has 0 spiro atoms. The van der Waals surface area contributed by atoms with Gasteiger partial charge < -0.3 is 21.9 Å². The normalized spacial score (nSPS) is 13.0. The van der Waals surface area contributed by atoms with Gasteiger partial charge in [0.15, 0.2) is 5.96 Å². The van der Waals surface area contributed by atoms with Gasteiger partial charge in [0, 0.05) is 12.1 Å². The number of hydrogen-bond acceptors (Lipinski definition) is 3. The molecule has 2 aromatic carbocycles. The van der Waals surface area contributed by atoms with Crippen LogP contribution in [-0.4, -0.2) is 29.0 Å². The van der Waals surface area contributed by atoms with Crippen molar-refractivity contribution in [2.45, 2.75) is 25.2 Å². The minimum Gasteiger partial charge on any atom is -0.480 e. The molecule has 7 nitrogen and oxygen atoms in total. The van der Waals surface area contributed by atoms with Crippen LogP contribution in [0, 0.1) is 0 Å². The van der Waals surface area contributed by atoms with Crippen molar-refractivity contribution < 1.29 is 27.9 Å². The molecule has 0 fully saturated rings. The fourth-order valence-electron chi connectivity index (χ4n) is 2.34. The van der Waals surface area contributed by atoms with Gasteiger partial charge in [0.1, 0.15) is 6.04 Å². The molecule has 0 saturated carbocycles. The topological polar surface area (TPSA) is 131 Å². The second kappa shape index (κ2) is 9.20. The van der Waals surface area contributed by atoms with Crippen molar-refractivity contribution in [1.82, 2.24) is 5.32 Å². The predicted octanol–water partition coefficient (Wildman–Crippen LogP) is 1.90. The number of carbonyl (C=O) groups excluding carboxylic acids is 1. The Bertz CT molecular complexity index is 894. The Labute approximate surface area is 164 Å². The van der Waals surface area contributed by atoms with Gasteiger partial charge in [-0.1, -0.05) is 24.3 Å². The van der Waals surface area contributed by atoms with Gasteiger partial charge in [0.05, 0.1) is 5.56 Å². The van der Waals surface area contributed by atoms with Crippen molar-refractivity contribution in [1.29, 1.82) is 0 Å². The van der Waals surface area contributed by atoms with E-state index in [2.05, 4.69) is 10.3 Å². The van der Waals surface area contributed by atoms with Crippen molar-refractivity contribution in [3.63, 3.8) is 0 Å². The van der Waals surface area contributed by atoms with Crippen LogP contribution >= 0.6 is 0 Å². The molecule has 6 N–H and O–H groups in total. The second-order valence-electron chi connectivity index (χ2n) is 6.20. The third-order valence-corrected chi connectivity index (χ3v) is 3.95. The van der Waals surface area contributed by atoms with Gasteiger partial charge in [-0.25, -0.2) is 0 Å². The van der Waals surface area contributed by atoms with E-state index in [4.69, 9.17) is 16.6 Å². The maximum absolute atomic E-state index is 12.5. The van der Waals surface area contributed by atoms with E-state index in [9.17, 15) is 22.8 Å². The lowest BCUT2D eigenvalue weighted by Gasteiger charge is -2.09. The molecular formula is C19H19F3N4O3. The summed E-state index contributed by atoms with van der Waals surface area (Å²) in [5.41, 5.74) is 11.8. The number of rotatable bonds is 6. The summed E-state index contributed by atoms with van der Waals surface area (Å²) in [5, 5.41) is 11.5. The van der Waals surface area contributed by atoms with E-state index < -0.39 is 29.7 Å². The Morgan fingerprint density at radius 1 is 1.03 bits per heavy atom. The van der Waals surface area contributed by atoms with E-state index >= 15 is 0 Å². The minimum absolute atomic E-state index is 0.0900. The lowest BCUT2D eigenvalue weighted by Crippen LogP contribution is -2.32. The molecule has 0 bridgehead atoms. The van der Waals surface area contributed by atoms with Crippen molar-refractivity contribution in [3.8, 4) is 0 Å². The molecule has 10 heteroatoms. The van der Waals surface area contributed by atoms with Crippen LogP contribution in [0.1, 0.15) is 27.0 Å². The largest absolute Gasteiger partial charge is 0.480 e. The average Bonchev–Trinajstić information content (AvgIpc) is 2.66. The molecule has 0 radical (unpaired) electrons. The number of guanidine groups is 1. The van der Waals surface area contributed by atoms with Gasteiger partial charge in [-0.15, -0.1) is 0 Å². The summed E-state index contributed by atoms with van der Waals surface area (Å²) in [5.74, 6) is -1.94. The van der Waals surface area contributed by atoms with Gasteiger partial charge >= 0.3 is 12.1 Å². The molecule has 0 aliphatic rings. The monoisotopic (exact) mass is 408 g/mol. The van der Waals surface area contributed by atoms with Crippen LogP contribution < -0.4 is 16.8 Å². The summed E-state index contributed by atoms with van der Waals surface area (Å²) < 4.78 is 37.6. The first-order chi connectivity index (χ1) is 13.6. The number of carboxylic acid groups (broad SMARTS) is 1. The van der Waals surface area contributed by atoms with E-state index in [1.165, 1.54) is 24.3 Å². The van der Waals surface area contributed by atoms with Crippen LogP contribution in [0.3, 0.4) is 0 Å². The molecular weight excluding hydrogens is 389 g/mol. The standard InChI is InChI=1S/C19H19F3N4O3/c20-19(21,22)14-7-3-12(4-8-14)10-25-18(24)26-16(27)13-5-1-11(2-6-13)9-15(23)17(28)29/h1-8,15H,9-10,23H2,(H,28,29)(H3,24,25,26,27)/t15-/m0/s1. The number of carbonyl (C=O) groups is 2. The number of hydrogen-bond donors (Lipinski definition) is 4. The SMILES string of the molecule is N/C(=N\C(=O)c1ccc(C[C@H](N)C(=O)O)cc1)NCc1ccc(C(F)(F)F)cc1. The van der Waals surface area contributed by atoms with Crippen LogP contribution in [0.15, 0.2) is 53.5 Å². The predicted molar refractivity (Wildman–Crippen MR) is 100.0 cm³/mol. The lowest BCUT2D eigenvalue weighted by atomic mass is 10.0. The fraction of sp³-hybridized carbons (Fsp3) is 0.211. The number of aliphatic carboxylic acids is 1. The maximum atomic E-state index is 12.5. The lowest BCUT2D eigenvalue weighted by molar-refractivity contribution is -0.139. The third kappa shape index (κ3) is 6.61.